The first-order valence-electron chi connectivity index (χ1n) is 13.3. The number of rotatable bonds is 4. The van der Waals surface area contributed by atoms with Crippen LogP contribution in [0.5, 0.6) is 0 Å². The summed E-state index contributed by atoms with van der Waals surface area (Å²) in [4.78, 5) is 44.3. The Bertz CT molecular complexity index is 1390. The van der Waals surface area contributed by atoms with E-state index >= 15 is 0 Å². The van der Waals surface area contributed by atoms with Gasteiger partial charge < -0.3 is 15.5 Å². The second-order valence-electron chi connectivity index (χ2n) is 10.8. The first-order valence-corrected chi connectivity index (χ1v) is 13.3. The second kappa shape index (κ2) is 9.29. The van der Waals surface area contributed by atoms with Gasteiger partial charge in [-0.15, -0.1) is 0 Å². The number of piperidine rings is 1. The van der Waals surface area contributed by atoms with Crippen molar-refractivity contribution in [3.05, 3.63) is 71.4 Å². The molecule has 3 heterocycles. The van der Waals surface area contributed by atoms with Crippen LogP contribution in [0.4, 0.5) is 5.69 Å². The molecule has 2 saturated heterocycles. The fraction of sp³-hybridized carbons (Fsp3) is 0.400. The molecule has 190 valence electrons. The highest BCUT2D eigenvalue weighted by molar-refractivity contribution is 5.94. The SMILES string of the molecule is Cc1nc2ccccc2cc1NC(=O)CC1CC2(CCN(C(=O)[C@@H]3CCC(=O)N3)CC2)c2ccccc21. The van der Waals surface area contributed by atoms with Gasteiger partial charge in [-0.1, -0.05) is 42.5 Å². The largest absolute Gasteiger partial charge is 0.344 e. The van der Waals surface area contributed by atoms with E-state index in [4.69, 9.17) is 0 Å². The van der Waals surface area contributed by atoms with Crippen LogP contribution in [-0.4, -0.2) is 46.7 Å². The molecule has 2 aliphatic heterocycles. The first-order chi connectivity index (χ1) is 17.9. The maximum atomic E-state index is 13.2. The maximum Gasteiger partial charge on any atom is 0.245 e. The summed E-state index contributed by atoms with van der Waals surface area (Å²) in [6, 6.07) is 18.1. The third-order valence-corrected chi connectivity index (χ3v) is 8.56. The summed E-state index contributed by atoms with van der Waals surface area (Å²) in [5.41, 5.74) is 5.06. The topological polar surface area (TPSA) is 91.4 Å². The lowest BCUT2D eigenvalue weighted by atomic mass is 9.73. The number of hydrogen-bond acceptors (Lipinski definition) is 4. The minimum Gasteiger partial charge on any atom is -0.344 e. The number of pyridine rings is 1. The number of anilines is 1. The molecule has 7 nitrogen and oxygen atoms in total. The van der Waals surface area contributed by atoms with E-state index in [1.807, 2.05) is 42.2 Å². The molecular weight excluding hydrogens is 464 g/mol. The van der Waals surface area contributed by atoms with E-state index < -0.39 is 0 Å². The number of benzene rings is 2. The fourth-order valence-corrected chi connectivity index (χ4v) is 6.62. The van der Waals surface area contributed by atoms with Crippen molar-refractivity contribution in [2.75, 3.05) is 18.4 Å². The van der Waals surface area contributed by atoms with Gasteiger partial charge in [0.15, 0.2) is 0 Å². The zero-order chi connectivity index (χ0) is 25.6. The fourth-order valence-electron chi connectivity index (χ4n) is 6.62. The Balaban J connectivity index is 1.15. The van der Waals surface area contributed by atoms with E-state index in [9.17, 15) is 14.4 Å². The Kier molecular flexibility index (Phi) is 5.94. The molecule has 2 aromatic carbocycles. The minimum atomic E-state index is -0.373. The normalized spacial score (nSPS) is 22.2. The standard InChI is InChI=1S/C30H32N4O3/c1-19-26(16-20-6-2-5-9-24(20)31-19)33-28(36)17-21-18-30(23-8-4-3-7-22(21)23)12-14-34(15-13-30)29(37)25-10-11-27(35)32-25/h2-9,16,21,25H,10-15,17-18H2,1H3,(H,32,35)(H,33,36)/t21?,25-/m0/s1. The average Bonchev–Trinajstić information content (AvgIpc) is 3.46. The van der Waals surface area contributed by atoms with Crippen molar-refractivity contribution < 1.29 is 14.4 Å². The van der Waals surface area contributed by atoms with E-state index in [0.717, 1.165) is 41.5 Å². The van der Waals surface area contributed by atoms with Crippen LogP contribution >= 0.6 is 0 Å². The maximum absolute atomic E-state index is 13.2. The predicted molar refractivity (Wildman–Crippen MR) is 142 cm³/mol. The van der Waals surface area contributed by atoms with Gasteiger partial charge in [0.05, 0.1) is 16.9 Å². The molecule has 0 bridgehead atoms. The van der Waals surface area contributed by atoms with Crippen molar-refractivity contribution in [2.24, 2.45) is 0 Å². The number of carbonyl (C=O) groups is 3. The lowest BCUT2D eigenvalue weighted by Crippen LogP contribution is -2.50. The Morgan fingerprint density at radius 1 is 1.11 bits per heavy atom. The Labute approximate surface area is 216 Å². The van der Waals surface area contributed by atoms with E-state index in [-0.39, 0.29) is 35.1 Å². The van der Waals surface area contributed by atoms with E-state index in [0.29, 0.717) is 32.4 Å². The summed E-state index contributed by atoms with van der Waals surface area (Å²) in [5, 5.41) is 6.94. The molecule has 2 fully saturated rings. The monoisotopic (exact) mass is 496 g/mol. The predicted octanol–water partition coefficient (Wildman–Crippen LogP) is 4.20. The quantitative estimate of drug-likeness (QED) is 0.566. The first kappa shape index (κ1) is 23.6. The molecule has 6 rings (SSSR count). The van der Waals surface area contributed by atoms with Gasteiger partial charge in [-0.05, 0) is 67.2 Å². The van der Waals surface area contributed by atoms with E-state index in [1.165, 1.54) is 11.1 Å². The number of fused-ring (bicyclic) bond motifs is 3. The van der Waals surface area contributed by atoms with Crippen LogP contribution in [0, 0.1) is 6.92 Å². The van der Waals surface area contributed by atoms with Gasteiger partial charge in [-0.3, -0.25) is 19.4 Å². The zero-order valence-corrected chi connectivity index (χ0v) is 21.1. The number of nitrogens with zero attached hydrogens (tertiary/aromatic N) is 2. The molecule has 37 heavy (non-hydrogen) atoms. The van der Waals surface area contributed by atoms with Crippen LogP contribution in [0.25, 0.3) is 10.9 Å². The van der Waals surface area contributed by atoms with Crippen molar-refractivity contribution in [1.29, 1.82) is 0 Å². The number of para-hydroxylation sites is 1. The van der Waals surface area contributed by atoms with Gasteiger partial charge in [-0.2, -0.15) is 0 Å². The van der Waals surface area contributed by atoms with Gasteiger partial charge in [0.1, 0.15) is 6.04 Å². The van der Waals surface area contributed by atoms with Crippen LogP contribution < -0.4 is 10.6 Å². The number of likely N-dealkylation sites (tertiary alicyclic amines) is 1. The lowest BCUT2D eigenvalue weighted by Gasteiger charge is -2.41. The molecule has 0 radical (unpaired) electrons. The molecular formula is C30H32N4O3. The number of nitrogens with one attached hydrogen (secondary N) is 2. The molecule has 1 aromatic heterocycles. The van der Waals surface area contributed by atoms with Gasteiger partial charge >= 0.3 is 0 Å². The third-order valence-electron chi connectivity index (χ3n) is 8.56. The average molecular weight is 497 g/mol. The molecule has 2 N–H and O–H groups in total. The zero-order valence-electron chi connectivity index (χ0n) is 21.1. The summed E-state index contributed by atoms with van der Waals surface area (Å²) >= 11 is 0. The Morgan fingerprint density at radius 3 is 2.65 bits per heavy atom. The van der Waals surface area contributed by atoms with Crippen LogP contribution in [0.2, 0.25) is 0 Å². The van der Waals surface area contributed by atoms with E-state index in [2.05, 4.69) is 39.9 Å². The van der Waals surface area contributed by atoms with Gasteiger partial charge in [0, 0.05) is 31.3 Å². The van der Waals surface area contributed by atoms with Gasteiger partial charge in [-0.25, -0.2) is 0 Å². The lowest BCUT2D eigenvalue weighted by molar-refractivity contribution is -0.135. The molecule has 2 atom stereocenters. The summed E-state index contributed by atoms with van der Waals surface area (Å²) in [7, 11) is 0. The summed E-state index contributed by atoms with van der Waals surface area (Å²) in [6.45, 7) is 3.29. The highest BCUT2D eigenvalue weighted by atomic mass is 16.2. The van der Waals surface area contributed by atoms with Crippen LogP contribution in [0.1, 0.15) is 61.3 Å². The van der Waals surface area contributed by atoms with Crippen molar-refractivity contribution >= 4 is 34.3 Å². The number of aromatic nitrogens is 1. The molecule has 3 aliphatic rings. The molecule has 1 aliphatic carbocycles. The number of amides is 3. The number of aryl methyl sites for hydroxylation is 1. The third kappa shape index (κ3) is 4.37. The molecule has 7 heteroatoms. The second-order valence-corrected chi connectivity index (χ2v) is 10.8. The van der Waals surface area contributed by atoms with Crippen LogP contribution in [0.15, 0.2) is 54.6 Å². The Morgan fingerprint density at radius 2 is 1.86 bits per heavy atom. The summed E-state index contributed by atoms with van der Waals surface area (Å²) < 4.78 is 0. The van der Waals surface area contributed by atoms with Crippen LogP contribution in [0.3, 0.4) is 0 Å². The number of carbonyl (C=O) groups excluding carboxylic acids is 3. The van der Waals surface area contributed by atoms with Crippen molar-refractivity contribution in [2.45, 2.75) is 62.8 Å². The summed E-state index contributed by atoms with van der Waals surface area (Å²) in [6.07, 6.45) is 4.11. The highest BCUT2D eigenvalue weighted by Crippen LogP contribution is 2.52. The van der Waals surface area contributed by atoms with Gasteiger partial charge in [0.2, 0.25) is 17.7 Å². The summed E-state index contributed by atoms with van der Waals surface area (Å²) in [5.74, 6) is 0.150. The Hall–Kier alpha value is -3.74. The molecule has 3 aromatic rings. The molecule has 1 spiro atoms. The van der Waals surface area contributed by atoms with Gasteiger partial charge in [0.25, 0.3) is 0 Å². The molecule has 3 amide bonds. The smallest absolute Gasteiger partial charge is 0.245 e. The van der Waals surface area contributed by atoms with Crippen LogP contribution in [-0.2, 0) is 19.8 Å². The van der Waals surface area contributed by atoms with E-state index in [1.54, 1.807) is 0 Å². The highest BCUT2D eigenvalue weighted by Gasteiger charge is 2.46. The molecule has 0 saturated carbocycles. The van der Waals surface area contributed by atoms with Crippen molar-refractivity contribution in [1.82, 2.24) is 15.2 Å². The van der Waals surface area contributed by atoms with Crippen molar-refractivity contribution in [3.8, 4) is 0 Å². The number of hydrogen-bond donors (Lipinski definition) is 2. The molecule has 1 unspecified atom stereocenters. The minimum absolute atomic E-state index is 0.00150. The van der Waals surface area contributed by atoms with Crippen molar-refractivity contribution in [3.63, 3.8) is 0 Å².